The quantitative estimate of drug-likeness (QED) is 0.345. The zero-order valence-corrected chi connectivity index (χ0v) is 23.7. The average molecular weight is 561 g/mol. The first-order valence-electron chi connectivity index (χ1n) is 14.6. The van der Waals surface area contributed by atoms with Gasteiger partial charge in [-0.2, -0.15) is 0 Å². The number of carbonyl (C=O) groups is 2. The molecule has 2 heterocycles. The first kappa shape index (κ1) is 28.8. The van der Waals surface area contributed by atoms with Gasteiger partial charge in [0.1, 0.15) is 0 Å². The number of methoxy groups -OCH3 is 1. The second kappa shape index (κ2) is 13.8. The number of carboxylic acid groups (broad SMARTS) is 1. The molecule has 0 bridgehead atoms. The van der Waals surface area contributed by atoms with Crippen LogP contribution in [0.1, 0.15) is 54.2 Å². The van der Waals surface area contributed by atoms with Gasteiger partial charge in [-0.15, -0.1) is 0 Å². The Morgan fingerprint density at radius 3 is 2.44 bits per heavy atom. The van der Waals surface area contributed by atoms with Crippen molar-refractivity contribution in [3.8, 4) is 11.3 Å². The first-order valence-corrected chi connectivity index (χ1v) is 14.6. The normalized spacial score (nSPS) is 21.1. The minimum Gasteiger partial charge on any atom is -0.465 e. The number of aromatic nitrogens is 2. The van der Waals surface area contributed by atoms with E-state index in [0.29, 0.717) is 31.9 Å². The number of benzene rings is 2. The van der Waals surface area contributed by atoms with Gasteiger partial charge in [-0.05, 0) is 31.2 Å². The molecule has 0 spiro atoms. The van der Waals surface area contributed by atoms with E-state index in [1.54, 1.807) is 13.4 Å². The molecule has 5 rings (SSSR count). The first-order chi connectivity index (χ1) is 20.1. The third kappa shape index (κ3) is 6.80. The van der Waals surface area contributed by atoms with Gasteiger partial charge in [0.15, 0.2) is 5.69 Å². The van der Waals surface area contributed by atoms with Crippen LogP contribution in [-0.2, 0) is 15.9 Å². The number of ether oxygens (including phenoxy) is 2. The molecule has 1 aliphatic heterocycles. The summed E-state index contributed by atoms with van der Waals surface area (Å²) in [5.41, 5.74) is 3.20. The summed E-state index contributed by atoms with van der Waals surface area (Å²) in [6.07, 6.45) is 6.40. The van der Waals surface area contributed by atoms with Crippen LogP contribution in [-0.4, -0.2) is 88.6 Å². The van der Waals surface area contributed by atoms with Crippen molar-refractivity contribution in [2.45, 2.75) is 56.7 Å². The summed E-state index contributed by atoms with van der Waals surface area (Å²) >= 11 is 0. The third-order valence-corrected chi connectivity index (χ3v) is 8.22. The highest BCUT2D eigenvalue weighted by atomic mass is 16.5. The van der Waals surface area contributed by atoms with Crippen molar-refractivity contribution in [2.24, 2.45) is 0 Å². The molecule has 1 aliphatic carbocycles. The number of amides is 2. The molecular formula is C32H40N4O5. The Bertz CT molecular complexity index is 1280. The van der Waals surface area contributed by atoms with Gasteiger partial charge in [0.25, 0.3) is 5.91 Å². The van der Waals surface area contributed by atoms with E-state index in [4.69, 9.17) is 14.5 Å². The second-order valence-corrected chi connectivity index (χ2v) is 10.9. The molecule has 2 aliphatic rings. The Hall–Kier alpha value is -3.69. The fourth-order valence-electron chi connectivity index (χ4n) is 6.17. The van der Waals surface area contributed by atoms with Gasteiger partial charge in [0.2, 0.25) is 0 Å². The molecule has 1 N–H and O–H groups in total. The van der Waals surface area contributed by atoms with Crippen LogP contribution in [0, 0.1) is 0 Å². The predicted molar refractivity (Wildman–Crippen MR) is 156 cm³/mol. The highest BCUT2D eigenvalue weighted by Gasteiger charge is 2.37. The van der Waals surface area contributed by atoms with Gasteiger partial charge in [0, 0.05) is 45.5 Å². The molecule has 41 heavy (non-hydrogen) atoms. The molecule has 1 aromatic heterocycles. The predicted octanol–water partition coefficient (Wildman–Crippen LogP) is 5.13. The van der Waals surface area contributed by atoms with Crippen LogP contribution in [0.4, 0.5) is 4.79 Å². The van der Waals surface area contributed by atoms with Crippen LogP contribution < -0.4 is 0 Å². The maximum atomic E-state index is 14.3. The van der Waals surface area contributed by atoms with Crippen molar-refractivity contribution in [2.75, 3.05) is 40.0 Å². The maximum Gasteiger partial charge on any atom is 0.407 e. The van der Waals surface area contributed by atoms with E-state index in [2.05, 4.69) is 4.57 Å². The molecule has 1 saturated heterocycles. The van der Waals surface area contributed by atoms with E-state index in [1.165, 1.54) is 4.90 Å². The largest absolute Gasteiger partial charge is 0.465 e. The summed E-state index contributed by atoms with van der Waals surface area (Å²) < 4.78 is 13.7. The molecular weight excluding hydrogens is 520 g/mol. The van der Waals surface area contributed by atoms with Gasteiger partial charge >= 0.3 is 6.09 Å². The van der Waals surface area contributed by atoms with E-state index in [-0.39, 0.29) is 37.2 Å². The zero-order valence-electron chi connectivity index (χ0n) is 23.7. The molecule has 0 radical (unpaired) electrons. The van der Waals surface area contributed by atoms with Crippen LogP contribution in [0.25, 0.3) is 11.3 Å². The Kier molecular flexibility index (Phi) is 9.69. The molecule has 218 valence electrons. The van der Waals surface area contributed by atoms with Gasteiger partial charge in [-0.3, -0.25) is 4.79 Å². The summed E-state index contributed by atoms with van der Waals surface area (Å²) in [4.78, 5) is 34.2. The molecule has 3 atom stereocenters. The van der Waals surface area contributed by atoms with Crippen molar-refractivity contribution in [1.29, 1.82) is 0 Å². The van der Waals surface area contributed by atoms with Crippen LogP contribution in [0.3, 0.4) is 0 Å². The molecule has 9 nitrogen and oxygen atoms in total. The molecule has 0 unspecified atom stereocenters. The minimum absolute atomic E-state index is 0.0326. The van der Waals surface area contributed by atoms with Crippen molar-refractivity contribution in [3.63, 3.8) is 0 Å². The molecule has 3 aromatic rings. The number of piperazine rings is 1. The lowest BCUT2D eigenvalue weighted by atomic mass is 9.91. The minimum atomic E-state index is -0.960. The van der Waals surface area contributed by atoms with Crippen molar-refractivity contribution in [3.05, 3.63) is 78.2 Å². The van der Waals surface area contributed by atoms with Crippen LogP contribution in [0.15, 0.2) is 67.0 Å². The SMILES string of the molecule is COCCCO[C@H]1CCCC[C@@H]1n1cnc(C(=O)N2CCN(C(=O)O)C[C@H]2Cc2ccccc2)c1-c1ccccc1. The second-order valence-electron chi connectivity index (χ2n) is 10.9. The Balaban J connectivity index is 1.47. The summed E-state index contributed by atoms with van der Waals surface area (Å²) in [5.74, 6) is -0.165. The topological polar surface area (TPSA) is 97.1 Å². The van der Waals surface area contributed by atoms with E-state index in [0.717, 1.165) is 48.9 Å². The van der Waals surface area contributed by atoms with Crippen LogP contribution in [0.5, 0.6) is 0 Å². The number of nitrogens with zero attached hydrogens (tertiary/aromatic N) is 4. The van der Waals surface area contributed by atoms with E-state index in [9.17, 15) is 14.7 Å². The lowest BCUT2D eigenvalue weighted by Crippen LogP contribution is -2.57. The Labute approximate surface area is 241 Å². The zero-order chi connectivity index (χ0) is 28.6. The number of rotatable bonds is 10. The number of carbonyl (C=O) groups excluding carboxylic acids is 1. The summed E-state index contributed by atoms with van der Waals surface area (Å²) in [5, 5.41) is 9.71. The highest BCUT2D eigenvalue weighted by Crippen LogP contribution is 2.36. The van der Waals surface area contributed by atoms with Crippen molar-refractivity contribution < 1.29 is 24.2 Å². The highest BCUT2D eigenvalue weighted by molar-refractivity contribution is 5.98. The molecule has 2 amide bonds. The van der Waals surface area contributed by atoms with Crippen LogP contribution >= 0.6 is 0 Å². The summed E-state index contributed by atoms with van der Waals surface area (Å²) in [7, 11) is 1.70. The Morgan fingerprint density at radius 2 is 1.71 bits per heavy atom. The molecule has 9 heteroatoms. The lowest BCUT2D eigenvalue weighted by molar-refractivity contribution is -0.0125. The van der Waals surface area contributed by atoms with Gasteiger partial charge in [0.05, 0.1) is 30.2 Å². The smallest absolute Gasteiger partial charge is 0.407 e. The van der Waals surface area contributed by atoms with E-state index in [1.807, 2.05) is 65.6 Å². The molecule has 1 saturated carbocycles. The van der Waals surface area contributed by atoms with E-state index >= 15 is 0 Å². The maximum absolute atomic E-state index is 14.3. The number of hydrogen-bond donors (Lipinski definition) is 1. The monoisotopic (exact) mass is 560 g/mol. The van der Waals surface area contributed by atoms with E-state index < -0.39 is 6.09 Å². The van der Waals surface area contributed by atoms with Crippen LogP contribution in [0.2, 0.25) is 0 Å². The summed E-state index contributed by atoms with van der Waals surface area (Å²) in [6, 6.07) is 19.6. The molecule has 2 fully saturated rings. The summed E-state index contributed by atoms with van der Waals surface area (Å²) in [6.45, 7) is 2.14. The molecule has 2 aromatic carbocycles. The van der Waals surface area contributed by atoms with Gasteiger partial charge in [-0.1, -0.05) is 73.5 Å². The lowest BCUT2D eigenvalue weighted by Gasteiger charge is -2.40. The standard InChI is InChI=1S/C32H40N4O5/c1-40-19-10-20-41-28-16-9-8-15-27(28)36-23-33-29(30(36)25-13-6-3-7-14-25)31(37)35-18-17-34(32(38)39)22-26(35)21-24-11-4-2-5-12-24/h2-7,11-14,23,26-28H,8-10,15-22H2,1H3,(H,38,39)/t26-,27+,28+/m1/s1. The fourth-order valence-corrected chi connectivity index (χ4v) is 6.17. The Morgan fingerprint density at radius 1 is 0.976 bits per heavy atom. The van der Waals surface area contributed by atoms with Gasteiger partial charge < -0.3 is 28.9 Å². The van der Waals surface area contributed by atoms with Crippen molar-refractivity contribution >= 4 is 12.0 Å². The number of hydrogen-bond acceptors (Lipinski definition) is 5. The third-order valence-electron chi connectivity index (χ3n) is 8.22. The van der Waals surface area contributed by atoms with Crippen molar-refractivity contribution in [1.82, 2.24) is 19.4 Å². The fraction of sp³-hybridized carbons (Fsp3) is 0.469. The van der Waals surface area contributed by atoms with Gasteiger partial charge in [-0.25, -0.2) is 9.78 Å². The average Bonchev–Trinajstić information content (AvgIpc) is 3.45. The number of imidazole rings is 1.